The summed E-state index contributed by atoms with van der Waals surface area (Å²) >= 11 is 0. The Balaban J connectivity index is 2.18. The molecule has 2 rings (SSSR count). The van der Waals surface area contributed by atoms with Crippen molar-refractivity contribution in [1.29, 1.82) is 0 Å². The smallest absolute Gasteiger partial charge is 0.410 e. The fourth-order valence-electron chi connectivity index (χ4n) is 5.87. The Morgan fingerprint density at radius 1 is 1.19 bits per heavy atom. The van der Waals surface area contributed by atoms with E-state index in [9.17, 15) is 30.0 Å². The van der Waals surface area contributed by atoms with Crippen LogP contribution in [0.25, 0.3) is 0 Å². The molecule has 1 saturated heterocycles. The van der Waals surface area contributed by atoms with Crippen LogP contribution in [0.2, 0.25) is 0 Å². The number of carbonyl (C=O) groups is 2. The van der Waals surface area contributed by atoms with Gasteiger partial charge in [-0.2, -0.15) is 0 Å². The summed E-state index contributed by atoms with van der Waals surface area (Å²) in [6.07, 6.45) is 3.31. The van der Waals surface area contributed by atoms with E-state index in [1.54, 1.807) is 33.0 Å². The third kappa shape index (κ3) is 13.2. The number of rotatable bonds is 14. The second-order valence-corrected chi connectivity index (χ2v) is 13.9. The van der Waals surface area contributed by atoms with Crippen molar-refractivity contribution in [1.82, 2.24) is 9.80 Å². The summed E-state index contributed by atoms with van der Waals surface area (Å²) < 4.78 is 17.3. The van der Waals surface area contributed by atoms with Crippen molar-refractivity contribution in [2.45, 2.75) is 142 Å². The first-order valence-corrected chi connectivity index (χ1v) is 17.3. The van der Waals surface area contributed by atoms with Crippen LogP contribution >= 0.6 is 0 Å². The Kier molecular flexibility index (Phi) is 15.9. The van der Waals surface area contributed by atoms with E-state index in [0.29, 0.717) is 38.8 Å². The standard InChI is InChI=1S/C36H62N2O9/c1-10-28(40)26(6)33-29(45-33)23-35(7,43)18-13-14-24(4)32-25(5)15-16-30(36(8,44)19-17-27(39)22-31(41)47-32)46-34(42)37(9)20-21-38(11-2)12-3/h14-16,25,27-30,32,39-40,43-44H,10-13,17-23H2,1-9H3. The third-order valence-electron chi connectivity index (χ3n) is 9.51. The molecule has 11 nitrogen and oxygen atoms in total. The highest BCUT2D eigenvalue weighted by atomic mass is 16.6. The lowest BCUT2D eigenvalue weighted by Crippen LogP contribution is -2.45. The van der Waals surface area contributed by atoms with E-state index in [2.05, 4.69) is 18.7 Å². The summed E-state index contributed by atoms with van der Waals surface area (Å²) in [6, 6.07) is 0. The molecule has 8 atom stereocenters. The normalized spacial score (nSPS) is 30.3. The zero-order valence-electron chi connectivity index (χ0n) is 30.2. The molecular formula is C36H62N2O9. The number of cyclic esters (lactones) is 1. The molecule has 0 aromatic heterocycles. The van der Waals surface area contributed by atoms with E-state index in [0.717, 1.165) is 30.0 Å². The molecule has 11 heteroatoms. The molecule has 0 spiro atoms. The number of hydrogen-bond donors (Lipinski definition) is 4. The summed E-state index contributed by atoms with van der Waals surface area (Å²) in [5.74, 6) is -0.149. The van der Waals surface area contributed by atoms with Gasteiger partial charge in [0.05, 0.1) is 24.2 Å². The van der Waals surface area contributed by atoms with Gasteiger partial charge in [0.25, 0.3) is 0 Å². The first-order chi connectivity index (χ1) is 21.9. The zero-order valence-corrected chi connectivity index (χ0v) is 30.2. The predicted octanol–water partition coefficient (Wildman–Crippen LogP) is 4.48. The second kappa shape index (κ2) is 18.4. The van der Waals surface area contributed by atoms with Gasteiger partial charge in [-0.15, -0.1) is 0 Å². The SMILES string of the molecule is CCC(O)C(C)=C1OC1CC(C)(O)CCC=C(C)C1OC(=O)CC(O)CCC(C)(O)C(OC(=O)N(C)CCN(CC)CC)C=CC1C. The van der Waals surface area contributed by atoms with Gasteiger partial charge in [-0.05, 0) is 90.1 Å². The van der Waals surface area contributed by atoms with Crippen molar-refractivity contribution in [2.75, 3.05) is 33.2 Å². The van der Waals surface area contributed by atoms with E-state index < -0.39 is 47.7 Å². The van der Waals surface area contributed by atoms with Crippen LogP contribution in [0.4, 0.5) is 4.79 Å². The lowest BCUT2D eigenvalue weighted by molar-refractivity contribution is -0.151. The van der Waals surface area contributed by atoms with Gasteiger partial charge in [0, 0.05) is 32.5 Å². The molecule has 2 aliphatic heterocycles. The van der Waals surface area contributed by atoms with Crippen LogP contribution in [0, 0.1) is 5.92 Å². The van der Waals surface area contributed by atoms with E-state index in [1.807, 2.05) is 33.8 Å². The fourth-order valence-corrected chi connectivity index (χ4v) is 5.87. The van der Waals surface area contributed by atoms with Gasteiger partial charge in [-0.1, -0.05) is 39.8 Å². The lowest BCUT2D eigenvalue weighted by atomic mass is 9.88. The number of allylic oxidation sites excluding steroid dienone is 1. The minimum atomic E-state index is -1.49. The first kappa shape index (κ1) is 40.7. The Labute approximate surface area is 282 Å². The number of esters is 1. The molecule has 4 N–H and O–H groups in total. The van der Waals surface area contributed by atoms with Crippen LogP contribution in [-0.2, 0) is 19.0 Å². The number of amides is 1. The van der Waals surface area contributed by atoms with Crippen molar-refractivity contribution >= 4 is 12.1 Å². The number of likely N-dealkylation sites (N-methyl/N-ethyl adjacent to an activating group) is 2. The molecule has 0 bridgehead atoms. The molecule has 47 heavy (non-hydrogen) atoms. The molecule has 0 radical (unpaired) electrons. The van der Waals surface area contributed by atoms with E-state index >= 15 is 0 Å². The maximum absolute atomic E-state index is 13.1. The average molecular weight is 667 g/mol. The summed E-state index contributed by atoms with van der Waals surface area (Å²) in [5, 5.41) is 43.1. The van der Waals surface area contributed by atoms with Crippen molar-refractivity contribution in [3.05, 3.63) is 35.1 Å². The fraction of sp³-hybridized carbons (Fsp3) is 0.778. The Hall–Kier alpha value is -2.44. The summed E-state index contributed by atoms with van der Waals surface area (Å²) in [7, 11) is 1.66. The van der Waals surface area contributed by atoms with Crippen LogP contribution in [0.15, 0.2) is 35.1 Å². The summed E-state index contributed by atoms with van der Waals surface area (Å²) in [5.41, 5.74) is -0.920. The maximum atomic E-state index is 13.1. The highest BCUT2D eigenvalue weighted by molar-refractivity contribution is 5.70. The number of hydrogen-bond acceptors (Lipinski definition) is 10. The van der Waals surface area contributed by atoms with Gasteiger partial charge in [0.1, 0.15) is 17.5 Å². The van der Waals surface area contributed by atoms with Gasteiger partial charge < -0.3 is 44.4 Å². The van der Waals surface area contributed by atoms with Gasteiger partial charge in [0.2, 0.25) is 0 Å². The number of aliphatic hydroxyl groups excluding tert-OH is 2. The monoisotopic (exact) mass is 666 g/mol. The molecule has 0 saturated carbocycles. The molecule has 1 fully saturated rings. The zero-order chi connectivity index (χ0) is 35.5. The first-order valence-electron chi connectivity index (χ1n) is 17.3. The minimum Gasteiger partial charge on any atom is -0.483 e. The van der Waals surface area contributed by atoms with E-state index in [4.69, 9.17) is 14.2 Å². The molecule has 0 aromatic rings. The third-order valence-corrected chi connectivity index (χ3v) is 9.51. The molecule has 0 aromatic carbocycles. The van der Waals surface area contributed by atoms with Crippen LogP contribution in [0.3, 0.4) is 0 Å². The van der Waals surface area contributed by atoms with E-state index in [-0.39, 0.29) is 31.3 Å². The number of carbonyl (C=O) groups excluding carboxylic acids is 2. The van der Waals surface area contributed by atoms with Crippen LogP contribution in [0.1, 0.15) is 100 Å². The van der Waals surface area contributed by atoms with Crippen LogP contribution < -0.4 is 0 Å². The number of epoxide rings is 1. The summed E-state index contributed by atoms with van der Waals surface area (Å²) in [6.45, 7) is 17.9. The van der Waals surface area contributed by atoms with Gasteiger partial charge in [-0.3, -0.25) is 4.79 Å². The van der Waals surface area contributed by atoms with Gasteiger partial charge >= 0.3 is 12.1 Å². The highest BCUT2D eigenvalue weighted by Crippen LogP contribution is 2.39. The molecule has 0 aliphatic carbocycles. The Bertz CT molecular complexity index is 1110. The lowest BCUT2D eigenvalue weighted by Gasteiger charge is -2.34. The van der Waals surface area contributed by atoms with Gasteiger partial charge in [-0.25, -0.2) is 4.79 Å². The molecule has 2 aliphatic rings. The predicted molar refractivity (Wildman–Crippen MR) is 181 cm³/mol. The molecule has 270 valence electrons. The second-order valence-electron chi connectivity index (χ2n) is 13.9. The molecular weight excluding hydrogens is 604 g/mol. The Morgan fingerprint density at radius 3 is 2.47 bits per heavy atom. The van der Waals surface area contributed by atoms with Crippen molar-refractivity contribution < 1.29 is 44.2 Å². The minimum absolute atomic E-state index is 0.103. The van der Waals surface area contributed by atoms with Crippen LogP contribution in [-0.4, -0.2) is 117 Å². The number of nitrogens with zero attached hydrogens (tertiary/aromatic N) is 2. The molecule has 8 unspecified atom stereocenters. The largest absolute Gasteiger partial charge is 0.483 e. The molecule has 2 heterocycles. The van der Waals surface area contributed by atoms with Gasteiger partial charge in [0.15, 0.2) is 12.2 Å². The van der Waals surface area contributed by atoms with Crippen molar-refractivity contribution in [2.24, 2.45) is 5.92 Å². The summed E-state index contributed by atoms with van der Waals surface area (Å²) in [4.78, 5) is 29.6. The highest BCUT2D eigenvalue weighted by Gasteiger charge is 2.41. The maximum Gasteiger partial charge on any atom is 0.410 e. The average Bonchev–Trinajstić information content (AvgIpc) is 3.77. The van der Waals surface area contributed by atoms with E-state index in [1.165, 1.54) is 4.90 Å². The van der Waals surface area contributed by atoms with Crippen molar-refractivity contribution in [3.8, 4) is 0 Å². The van der Waals surface area contributed by atoms with Crippen molar-refractivity contribution in [3.63, 3.8) is 0 Å². The number of aliphatic hydroxyl groups is 4. The number of ether oxygens (including phenoxy) is 3. The molecule has 1 amide bonds. The topological polar surface area (TPSA) is 153 Å². The van der Waals surface area contributed by atoms with Crippen LogP contribution in [0.5, 0.6) is 0 Å². The Morgan fingerprint density at radius 2 is 1.85 bits per heavy atom. The quantitative estimate of drug-likeness (QED) is 0.119.